The van der Waals surface area contributed by atoms with Gasteiger partial charge in [-0.3, -0.25) is 9.58 Å². The van der Waals surface area contributed by atoms with E-state index >= 15 is 0 Å². The fourth-order valence-electron chi connectivity index (χ4n) is 5.13. The highest BCUT2D eigenvalue weighted by Crippen LogP contribution is 2.37. The molecular weight excluding hydrogens is 412 g/mol. The summed E-state index contributed by atoms with van der Waals surface area (Å²) in [5.41, 5.74) is 7.06. The first-order chi connectivity index (χ1) is 16.1. The molecule has 1 N–H and O–H groups in total. The summed E-state index contributed by atoms with van der Waals surface area (Å²) in [5.74, 6) is 0.810. The Morgan fingerprint density at radius 3 is 2.67 bits per heavy atom. The molecule has 1 atom stereocenters. The van der Waals surface area contributed by atoms with Gasteiger partial charge in [-0.2, -0.15) is 5.10 Å². The number of aromatic nitrogens is 4. The number of aryl methyl sites for hydroxylation is 2. The van der Waals surface area contributed by atoms with Crippen LogP contribution in [0.1, 0.15) is 54.1 Å². The van der Waals surface area contributed by atoms with Gasteiger partial charge in [-0.05, 0) is 68.8 Å². The van der Waals surface area contributed by atoms with E-state index < -0.39 is 0 Å². The molecule has 0 amide bonds. The summed E-state index contributed by atoms with van der Waals surface area (Å²) in [6.07, 6.45) is 8.55. The average molecular weight is 447 g/mol. The molecule has 2 aromatic heterocycles. The summed E-state index contributed by atoms with van der Waals surface area (Å²) in [7, 11) is 0. The second-order valence-electron chi connectivity index (χ2n) is 9.40. The van der Waals surface area contributed by atoms with E-state index in [-0.39, 0.29) is 12.6 Å². The number of anilines is 1. The molecule has 2 aliphatic heterocycles. The number of rotatable bonds is 7. The molecule has 0 radical (unpaired) electrons. The van der Waals surface area contributed by atoms with Gasteiger partial charge in [0.05, 0.1) is 30.6 Å². The van der Waals surface area contributed by atoms with Crippen molar-refractivity contribution in [3.63, 3.8) is 0 Å². The number of hydrogen-bond donors (Lipinski definition) is 1. The molecule has 0 aliphatic carbocycles. The van der Waals surface area contributed by atoms with Crippen molar-refractivity contribution >= 4 is 5.95 Å². The molecule has 2 saturated heterocycles. The maximum Gasteiger partial charge on any atom is 0.225 e. The standard InChI is InChI=1S/C26H34N6O/c1-19-7-8-21(16-20(19)2)17-31-13-5-6-24(31)25-22(18-32(29-25)14-15-33)23-9-10-27-26(28-23)30-11-3-4-12-30/h7-10,16,18,24,33H,3-6,11-15,17H2,1-2H3/t24-/m1/s1. The highest BCUT2D eigenvalue weighted by molar-refractivity contribution is 5.63. The predicted molar refractivity (Wildman–Crippen MR) is 130 cm³/mol. The van der Waals surface area contributed by atoms with Gasteiger partial charge in [-0.15, -0.1) is 0 Å². The van der Waals surface area contributed by atoms with Gasteiger partial charge in [0.25, 0.3) is 0 Å². The molecule has 0 saturated carbocycles. The number of benzene rings is 1. The van der Waals surface area contributed by atoms with Gasteiger partial charge >= 0.3 is 0 Å². The molecule has 7 nitrogen and oxygen atoms in total. The van der Waals surface area contributed by atoms with E-state index in [9.17, 15) is 5.11 Å². The summed E-state index contributed by atoms with van der Waals surface area (Å²) >= 11 is 0. The molecule has 1 aromatic carbocycles. The molecule has 3 aromatic rings. The second-order valence-corrected chi connectivity index (χ2v) is 9.40. The van der Waals surface area contributed by atoms with Crippen LogP contribution < -0.4 is 4.90 Å². The summed E-state index contributed by atoms with van der Waals surface area (Å²) in [6.45, 7) is 8.92. The molecule has 174 valence electrons. The molecular formula is C26H34N6O. The summed E-state index contributed by atoms with van der Waals surface area (Å²) in [5, 5.41) is 14.5. The van der Waals surface area contributed by atoms with Gasteiger partial charge in [0.15, 0.2) is 0 Å². The Labute approximate surface area is 196 Å². The van der Waals surface area contributed by atoms with Crippen LogP contribution in [-0.2, 0) is 13.1 Å². The summed E-state index contributed by atoms with van der Waals surface area (Å²) in [4.78, 5) is 14.3. The highest BCUT2D eigenvalue weighted by Gasteiger charge is 2.31. The summed E-state index contributed by atoms with van der Waals surface area (Å²) in [6, 6.07) is 9.01. The van der Waals surface area contributed by atoms with E-state index in [1.165, 1.54) is 29.5 Å². The van der Waals surface area contributed by atoms with Crippen molar-refractivity contribution in [2.45, 2.75) is 58.7 Å². The molecule has 0 bridgehead atoms. The van der Waals surface area contributed by atoms with Crippen molar-refractivity contribution in [1.82, 2.24) is 24.6 Å². The number of aliphatic hydroxyl groups excluding tert-OH is 1. The zero-order valence-corrected chi connectivity index (χ0v) is 19.7. The quantitative estimate of drug-likeness (QED) is 0.594. The van der Waals surface area contributed by atoms with E-state index in [0.717, 1.165) is 61.9 Å². The highest BCUT2D eigenvalue weighted by atomic mass is 16.3. The van der Waals surface area contributed by atoms with Crippen molar-refractivity contribution in [1.29, 1.82) is 0 Å². The molecule has 5 rings (SSSR count). The molecule has 0 spiro atoms. The van der Waals surface area contributed by atoms with E-state index in [1.54, 1.807) is 0 Å². The predicted octanol–water partition coefficient (Wildman–Crippen LogP) is 3.89. The monoisotopic (exact) mass is 446 g/mol. The van der Waals surface area contributed by atoms with Crippen LogP contribution in [0.15, 0.2) is 36.7 Å². The van der Waals surface area contributed by atoms with Crippen LogP contribution in [0.2, 0.25) is 0 Å². The molecule has 4 heterocycles. The van der Waals surface area contributed by atoms with E-state index in [4.69, 9.17) is 10.1 Å². The Kier molecular flexibility index (Phi) is 6.42. The van der Waals surface area contributed by atoms with Crippen molar-refractivity contribution in [2.24, 2.45) is 0 Å². The van der Waals surface area contributed by atoms with Gasteiger partial charge in [0.1, 0.15) is 0 Å². The fraction of sp³-hybridized carbons (Fsp3) is 0.500. The maximum absolute atomic E-state index is 9.54. The van der Waals surface area contributed by atoms with Crippen LogP contribution in [-0.4, -0.2) is 56.0 Å². The third-order valence-electron chi connectivity index (χ3n) is 7.06. The van der Waals surface area contributed by atoms with Gasteiger partial charge in [-0.1, -0.05) is 18.2 Å². The van der Waals surface area contributed by atoms with Crippen molar-refractivity contribution in [2.75, 3.05) is 31.1 Å². The number of hydrogen-bond acceptors (Lipinski definition) is 6. The topological polar surface area (TPSA) is 70.3 Å². The van der Waals surface area contributed by atoms with Crippen molar-refractivity contribution in [3.05, 3.63) is 59.0 Å². The lowest BCUT2D eigenvalue weighted by atomic mass is 10.0. The Bertz CT molecular complexity index is 1100. The third-order valence-corrected chi connectivity index (χ3v) is 7.06. The minimum atomic E-state index is 0.0698. The zero-order chi connectivity index (χ0) is 22.8. The van der Waals surface area contributed by atoms with Crippen molar-refractivity contribution in [3.8, 4) is 11.3 Å². The number of likely N-dealkylation sites (tertiary alicyclic amines) is 1. The third kappa shape index (κ3) is 4.66. The van der Waals surface area contributed by atoms with E-state index in [0.29, 0.717) is 6.54 Å². The minimum absolute atomic E-state index is 0.0698. The lowest BCUT2D eigenvalue weighted by Crippen LogP contribution is -2.24. The Morgan fingerprint density at radius 1 is 1.03 bits per heavy atom. The van der Waals surface area contributed by atoms with Crippen LogP contribution in [0.4, 0.5) is 5.95 Å². The largest absolute Gasteiger partial charge is 0.394 e. The van der Waals surface area contributed by atoms with E-state index in [1.807, 2.05) is 23.1 Å². The van der Waals surface area contributed by atoms with Gasteiger partial charge in [0, 0.05) is 37.6 Å². The number of aliphatic hydroxyl groups is 1. The van der Waals surface area contributed by atoms with Crippen LogP contribution in [0.5, 0.6) is 0 Å². The van der Waals surface area contributed by atoms with E-state index in [2.05, 4.69) is 46.8 Å². The fourth-order valence-corrected chi connectivity index (χ4v) is 5.13. The van der Waals surface area contributed by atoms with Crippen molar-refractivity contribution < 1.29 is 5.11 Å². The Morgan fingerprint density at radius 2 is 1.88 bits per heavy atom. The van der Waals surface area contributed by atoms with Crippen LogP contribution in [0.25, 0.3) is 11.3 Å². The molecule has 0 unspecified atom stereocenters. The minimum Gasteiger partial charge on any atom is -0.394 e. The first-order valence-electron chi connectivity index (χ1n) is 12.2. The molecule has 2 fully saturated rings. The lowest BCUT2D eigenvalue weighted by molar-refractivity contribution is 0.240. The average Bonchev–Trinajstić information content (AvgIpc) is 3.57. The second kappa shape index (κ2) is 9.61. The lowest BCUT2D eigenvalue weighted by Gasteiger charge is -2.24. The first-order valence-corrected chi connectivity index (χ1v) is 12.2. The Hall–Kier alpha value is -2.77. The molecule has 33 heavy (non-hydrogen) atoms. The Balaban J connectivity index is 1.47. The van der Waals surface area contributed by atoms with Gasteiger partial charge < -0.3 is 10.0 Å². The van der Waals surface area contributed by atoms with Crippen LogP contribution in [0, 0.1) is 13.8 Å². The maximum atomic E-state index is 9.54. The zero-order valence-electron chi connectivity index (χ0n) is 19.7. The molecule has 2 aliphatic rings. The first kappa shape index (κ1) is 22.0. The SMILES string of the molecule is Cc1ccc(CN2CCC[C@@H]2c2nn(CCO)cc2-c2ccnc(N3CCCC3)n2)cc1C. The molecule has 7 heteroatoms. The van der Waals surface area contributed by atoms with Crippen LogP contribution >= 0.6 is 0 Å². The smallest absolute Gasteiger partial charge is 0.225 e. The van der Waals surface area contributed by atoms with Gasteiger partial charge in [0.2, 0.25) is 5.95 Å². The normalized spacial score (nSPS) is 19.0. The summed E-state index contributed by atoms with van der Waals surface area (Å²) < 4.78 is 1.87. The van der Waals surface area contributed by atoms with Gasteiger partial charge in [-0.25, -0.2) is 9.97 Å². The number of nitrogens with zero attached hydrogens (tertiary/aromatic N) is 6. The van der Waals surface area contributed by atoms with Crippen LogP contribution in [0.3, 0.4) is 0 Å².